The summed E-state index contributed by atoms with van der Waals surface area (Å²) in [7, 11) is 0. The maximum absolute atomic E-state index is 12.7. The van der Waals surface area contributed by atoms with Crippen LogP contribution in [-0.2, 0) is 4.79 Å². The molecule has 1 aromatic heterocycles. The highest BCUT2D eigenvalue weighted by atomic mass is 16.2. The number of nitrogens with zero attached hydrogens (tertiary/aromatic N) is 2. The summed E-state index contributed by atoms with van der Waals surface area (Å²) in [5, 5.41) is 5.84. The average molecular weight is 330 g/mol. The van der Waals surface area contributed by atoms with Crippen LogP contribution in [0.1, 0.15) is 55.9 Å². The van der Waals surface area contributed by atoms with Gasteiger partial charge in [0.1, 0.15) is 11.2 Å². The van der Waals surface area contributed by atoms with Crippen molar-refractivity contribution in [3.63, 3.8) is 0 Å². The summed E-state index contributed by atoms with van der Waals surface area (Å²) in [5.41, 5.74) is 0.638. The van der Waals surface area contributed by atoms with Crippen molar-refractivity contribution in [2.45, 2.75) is 51.0 Å². The minimum absolute atomic E-state index is 0.0773. The summed E-state index contributed by atoms with van der Waals surface area (Å²) in [6.07, 6.45) is 7.34. The fraction of sp³-hybridized carbons (Fsp3) is 0.611. The molecule has 0 aromatic carbocycles. The van der Waals surface area contributed by atoms with E-state index < -0.39 is 5.54 Å². The molecule has 1 aromatic rings. The van der Waals surface area contributed by atoms with Gasteiger partial charge in [-0.1, -0.05) is 12.8 Å². The van der Waals surface area contributed by atoms with E-state index in [4.69, 9.17) is 0 Å². The van der Waals surface area contributed by atoms with Crippen LogP contribution < -0.4 is 15.5 Å². The van der Waals surface area contributed by atoms with E-state index in [0.29, 0.717) is 25.1 Å². The quantitative estimate of drug-likeness (QED) is 0.864. The molecule has 2 fully saturated rings. The van der Waals surface area contributed by atoms with Gasteiger partial charge in [0.25, 0.3) is 5.91 Å². The van der Waals surface area contributed by atoms with Crippen molar-refractivity contribution in [3.05, 3.63) is 24.0 Å². The SMILES string of the molecule is CCNC(=O)C1(NC(=O)c2cc(N3CCCC3)ccn2)CCCC1. The minimum Gasteiger partial charge on any atom is -0.371 e. The first-order valence-electron chi connectivity index (χ1n) is 8.96. The van der Waals surface area contributed by atoms with Gasteiger partial charge in [0, 0.05) is 31.5 Å². The first-order valence-corrected chi connectivity index (χ1v) is 8.96. The highest BCUT2D eigenvalue weighted by Gasteiger charge is 2.42. The molecule has 2 aliphatic rings. The van der Waals surface area contributed by atoms with Gasteiger partial charge < -0.3 is 15.5 Å². The van der Waals surface area contributed by atoms with Crippen LogP contribution in [-0.4, -0.2) is 42.0 Å². The number of nitrogens with one attached hydrogen (secondary N) is 2. The normalized spacial score (nSPS) is 19.3. The molecule has 130 valence electrons. The second-order valence-electron chi connectivity index (χ2n) is 6.70. The number of aromatic nitrogens is 1. The van der Waals surface area contributed by atoms with Gasteiger partial charge in [0.2, 0.25) is 5.91 Å². The topological polar surface area (TPSA) is 74.3 Å². The van der Waals surface area contributed by atoms with E-state index in [1.807, 2.05) is 19.1 Å². The third-order valence-electron chi connectivity index (χ3n) is 5.03. The Bertz CT molecular complexity index is 605. The monoisotopic (exact) mass is 330 g/mol. The lowest BCUT2D eigenvalue weighted by atomic mass is 9.96. The second kappa shape index (κ2) is 7.20. The summed E-state index contributed by atoms with van der Waals surface area (Å²) < 4.78 is 0. The van der Waals surface area contributed by atoms with Gasteiger partial charge in [-0.05, 0) is 44.7 Å². The molecule has 1 saturated heterocycles. The summed E-state index contributed by atoms with van der Waals surface area (Å²) in [6, 6.07) is 3.78. The predicted octanol–water partition coefficient (Wildman–Crippen LogP) is 1.86. The van der Waals surface area contributed by atoms with E-state index in [1.54, 1.807) is 6.20 Å². The summed E-state index contributed by atoms with van der Waals surface area (Å²) in [6.45, 7) is 4.50. The molecule has 0 unspecified atom stereocenters. The van der Waals surface area contributed by atoms with E-state index in [0.717, 1.165) is 31.6 Å². The third-order valence-corrected chi connectivity index (χ3v) is 5.03. The number of carbonyl (C=O) groups excluding carboxylic acids is 2. The van der Waals surface area contributed by atoms with Gasteiger partial charge in [-0.15, -0.1) is 0 Å². The fourth-order valence-electron chi connectivity index (χ4n) is 3.71. The fourth-order valence-corrected chi connectivity index (χ4v) is 3.71. The predicted molar refractivity (Wildman–Crippen MR) is 93.0 cm³/mol. The number of likely N-dealkylation sites (N-methyl/N-ethyl adjacent to an activating group) is 1. The Morgan fingerprint density at radius 2 is 1.92 bits per heavy atom. The van der Waals surface area contributed by atoms with Gasteiger partial charge in [0.05, 0.1) is 0 Å². The first-order chi connectivity index (χ1) is 11.6. The zero-order chi connectivity index (χ0) is 17.0. The maximum atomic E-state index is 12.7. The molecule has 0 bridgehead atoms. The minimum atomic E-state index is -0.779. The summed E-state index contributed by atoms with van der Waals surface area (Å²) >= 11 is 0. The van der Waals surface area contributed by atoms with Gasteiger partial charge in [0.15, 0.2) is 0 Å². The summed E-state index contributed by atoms with van der Waals surface area (Å²) in [4.78, 5) is 31.7. The molecule has 2 amide bonds. The Labute approximate surface area is 143 Å². The third kappa shape index (κ3) is 3.37. The molecule has 1 aliphatic carbocycles. The lowest BCUT2D eigenvalue weighted by Gasteiger charge is -2.28. The van der Waals surface area contributed by atoms with E-state index in [2.05, 4.69) is 20.5 Å². The van der Waals surface area contributed by atoms with Crippen molar-refractivity contribution < 1.29 is 9.59 Å². The number of pyridine rings is 1. The molecule has 1 aliphatic heterocycles. The molecule has 6 nitrogen and oxygen atoms in total. The second-order valence-corrected chi connectivity index (χ2v) is 6.70. The van der Waals surface area contributed by atoms with Crippen molar-refractivity contribution in [2.24, 2.45) is 0 Å². The molecular weight excluding hydrogens is 304 g/mol. The van der Waals surface area contributed by atoms with Crippen molar-refractivity contribution >= 4 is 17.5 Å². The van der Waals surface area contributed by atoms with E-state index in [1.165, 1.54) is 12.8 Å². The molecule has 1 saturated carbocycles. The summed E-state index contributed by atoms with van der Waals surface area (Å²) in [5.74, 6) is -0.337. The zero-order valence-electron chi connectivity index (χ0n) is 14.3. The Balaban J connectivity index is 1.75. The van der Waals surface area contributed by atoms with Gasteiger partial charge >= 0.3 is 0 Å². The number of anilines is 1. The van der Waals surface area contributed by atoms with Crippen LogP contribution in [0.15, 0.2) is 18.3 Å². The molecule has 2 N–H and O–H groups in total. The Morgan fingerprint density at radius 1 is 1.21 bits per heavy atom. The lowest BCUT2D eigenvalue weighted by Crippen LogP contribution is -2.57. The van der Waals surface area contributed by atoms with Gasteiger partial charge in [-0.25, -0.2) is 0 Å². The van der Waals surface area contributed by atoms with Crippen molar-refractivity contribution in [3.8, 4) is 0 Å². The van der Waals surface area contributed by atoms with Crippen molar-refractivity contribution in [1.29, 1.82) is 0 Å². The molecular formula is C18H26N4O2. The zero-order valence-corrected chi connectivity index (χ0v) is 14.3. The Hall–Kier alpha value is -2.11. The molecule has 0 spiro atoms. The lowest BCUT2D eigenvalue weighted by molar-refractivity contribution is -0.127. The van der Waals surface area contributed by atoms with Gasteiger partial charge in [-0.2, -0.15) is 0 Å². The van der Waals surface area contributed by atoms with Crippen LogP contribution in [0.3, 0.4) is 0 Å². The van der Waals surface area contributed by atoms with Crippen LogP contribution in [0.2, 0.25) is 0 Å². The van der Waals surface area contributed by atoms with Crippen LogP contribution >= 0.6 is 0 Å². The number of carbonyl (C=O) groups is 2. The average Bonchev–Trinajstić information content (AvgIpc) is 3.28. The number of hydrogen-bond donors (Lipinski definition) is 2. The molecule has 6 heteroatoms. The first kappa shape index (κ1) is 16.7. The van der Waals surface area contributed by atoms with Crippen LogP contribution in [0.4, 0.5) is 5.69 Å². The maximum Gasteiger partial charge on any atom is 0.270 e. The van der Waals surface area contributed by atoms with Crippen LogP contribution in [0.25, 0.3) is 0 Å². The van der Waals surface area contributed by atoms with Gasteiger partial charge in [-0.3, -0.25) is 14.6 Å². The Morgan fingerprint density at radius 3 is 2.58 bits per heavy atom. The van der Waals surface area contributed by atoms with Crippen molar-refractivity contribution in [1.82, 2.24) is 15.6 Å². The van der Waals surface area contributed by atoms with Crippen molar-refractivity contribution in [2.75, 3.05) is 24.5 Å². The molecule has 0 atom stereocenters. The van der Waals surface area contributed by atoms with Crippen LogP contribution in [0, 0.1) is 0 Å². The number of rotatable bonds is 5. The highest BCUT2D eigenvalue weighted by Crippen LogP contribution is 2.30. The molecule has 3 rings (SSSR count). The largest absolute Gasteiger partial charge is 0.371 e. The van der Waals surface area contributed by atoms with E-state index in [9.17, 15) is 9.59 Å². The Kier molecular flexibility index (Phi) is 5.02. The van der Waals surface area contributed by atoms with Crippen LogP contribution in [0.5, 0.6) is 0 Å². The van der Waals surface area contributed by atoms with E-state index >= 15 is 0 Å². The smallest absolute Gasteiger partial charge is 0.270 e. The highest BCUT2D eigenvalue weighted by molar-refractivity contribution is 5.98. The molecule has 2 heterocycles. The molecule has 0 radical (unpaired) electrons. The molecule has 24 heavy (non-hydrogen) atoms. The van der Waals surface area contributed by atoms with E-state index in [-0.39, 0.29) is 11.8 Å². The number of hydrogen-bond acceptors (Lipinski definition) is 4. The standard InChI is InChI=1S/C18H26N4O2/c1-2-19-17(24)18(8-3-4-9-18)21-16(23)15-13-14(7-10-20-15)22-11-5-6-12-22/h7,10,13H,2-6,8-9,11-12H2,1H3,(H,19,24)(H,21,23). The number of amides is 2.